The average Bonchev–Trinajstić information content (AvgIpc) is 2.76. The number of carbonyl (C=O) groups is 3. The Morgan fingerprint density at radius 3 is 2.18 bits per heavy atom. The number of carbonyl (C=O) groups excluding carboxylic acids is 3. The number of hydrogen-bond acceptors (Lipinski definition) is 4. The van der Waals surface area contributed by atoms with Crippen molar-refractivity contribution in [3.63, 3.8) is 0 Å². The molecule has 0 heterocycles. The maximum absolute atomic E-state index is 13.4. The van der Waals surface area contributed by atoms with Crippen LogP contribution in [0, 0.1) is 6.92 Å². The molecule has 0 spiro atoms. The highest BCUT2D eigenvalue weighted by atomic mass is 16.6. The van der Waals surface area contributed by atoms with Crippen molar-refractivity contribution in [2.45, 2.75) is 59.6 Å². The van der Waals surface area contributed by atoms with Crippen molar-refractivity contribution >= 4 is 23.6 Å². The normalized spacial score (nSPS) is 11.9. The van der Waals surface area contributed by atoms with Gasteiger partial charge in [-0.1, -0.05) is 49.4 Å². The van der Waals surface area contributed by atoms with Crippen LogP contribution < -0.4 is 10.6 Å². The van der Waals surface area contributed by atoms with E-state index in [-0.39, 0.29) is 24.9 Å². The highest BCUT2D eigenvalue weighted by Gasteiger charge is 2.31. The van der Waals surface area contributed by atoms with Gasteiger partial charge in [-0.2, -0.15) is 0 Å². The third-order valence-electron chi connectivity index (χ3n) is 5.11. The largest absolute Gasteiger partial charge is 0.444 e. The molecule has 2 aromatic carbocycles. The quantitative estimate of drug-likeness (QED) is 0.611. The van der Waals surface area contributed by atoms with E-state index in [1.54, 1.807) is 27.7 Å². The third-order valence-corrected chi connectivity index (χ3v) is 5.11. The maximum atomic E-state index is 13.4. The minimum atomic E-state index is -0.853. The molecule has 0 radical (unpaired) electrons. The zero-order chi connectivity index (χ0) is 24.6. The SMILES string of the molecule is CCc1ccc(C(C(=O)Nc2ccccc2C)N(CC)C(=O)CNC(=O)OC(C)(C)C)cc1. The number of nitrogens with one attached hydrogen (secondary N) is 2. The number of anilines is 1. The van der Waals surface area contributed by atoms with Gasteiger partial charge in [0.2, 0.25) is 5.91 Å². The van der Waals surface area contributed by atoms with Crippen LogP contribution in [-0.4, -0.2) is 41.5 Å². The molecule has 0 saturated heterocycles. The van der Waals surface area contributed by atoms with Gasteiger partial charge >= 0.3 is 6.09 Å². The first-order valence-corrected chi connectivity index (χ1v) is 11.3. The summed E-state index contributed by atoms with van der Waals surface area (Å²) < 4.78 is 5.21. The molecule has 7 nitrogen and oxygen atoms in total. The predicted molar refractivity (Wildman–Crippen MR) is 130 cm³/mol. The van der Waals surface area contributed by atoms with E-state index in [4.69, 9.17) is 4.74 Å². The molecule has 1 atom stereocenters. The summed E-state index contributed by atoms with van der Waals surface area (Å²) in [6.07, 6.45) is 0.191. The molecular weight excluding hydrogens is 418 g/mol. The second-order valence-corrected chi connectivity index (χ2v) is 8.84. The first-order valence-electron chi connectivity index (χ1n) is 11.3. The van der Waals surface area contributed by atoms with Gasteiger partial charge < -0.3 is 20.3 Å². The number of aryl methyl sites for hydroxylation is 2. The number of likely N-dealkylation sites (N-methyl/N-ethyl adjacent to an activating group) is 1. The molecular formula is C26H35N3O4. The first-order chi connectivity index (χ1) is 15.6. The number of ether oxygens (including phenoxy) is 1. The predicted octanol–water partition coefficient (Wildman–Crippen LogP) is 4.61. The number of para-hydroxylation sites is 1. The minimum Gasteiger partial charge on any atom is -0.444 e. The maximum Gasteiger partial charge on any atom is 0.408 e. The fourth-order valence-electron chi connectivity index (χ4n) is 3.39. The van der Waals surface area contributed by atoms with Crippen LogP contribution in [0.5, 0.6) is 0 Å². The highest BCUT2D eigenvalue weighted by molar-refractivity contribution is 5.98. The Hall–Kier alpha value is -3.35. The molecule has 0 aliphatic carbocycles. The van der Waals surface area contributed by atoms with Gasteiger partial charge in [-0.05, 0) is 63.8 Å². The van der Waals surface area contributed by atoms with E-state index in [0.29, 0.717) is 11.3 Å². The average molecular weight is 454 g/mol. The van der Waals surface area contributed by atoms with Gasteiger partial charge in [0.15, 0.2) is 0 Å². The lowest BCUT2D eigenvalue weighted by atomic mass is 10.0. The second-order valence-electron chi connectivity index (χ2n) is 8.84. The Bertz CT molecular complexity index is 964. The Kier molecular flexibility index (Phi) is 9.02. The lowest BCUT2D eigenvalue weighted by Gasteiger charge is -2.31. The highest BCUT2D eigenvalue weighted by Crippen LogP contribution is 2.25. The number of rotatable bonds is 8. The van der Waals surface area contributed by atoms with Crippen LogP contribution in [-0.2, 0) is 20.7 Å². The van der Waals surface area contributed by atoms with Gasteiger partial charge in [0.1, 0.15) is 18.2 Å². The molecule has 178 valence electrons. The molecule has 1 unspecified atom stereocenters. The van der Waals surface area contributed by atoms with Crippen molar-refractivity contribution in [3.05, 3.63) is 65.2 Å². The molecule has 0 fully saturated rings. The van der Waals surface area contributed by atoms with E-state index in [0.717, 1.165) is 17.5 Å². The van der Waals surface area contributed by atoms with Gasteiger partial charge in [-0.3, -0.25) is 9.59 Å². The van der Waals surface area contributed by atoms with Crippen molar-refractivity contribution in [3.8, 4) is 0 Å². The van der Waals surface area contributed by atoms with E-state index in [2.05, 4.69) is 17.6 Å². The first kappa shape index (κ1) is 25.9. The second kappa shape index (κ2) is 11.5. The van der Waals surface area contributed by atoms with Crippen LogP contribution in [0.15, 0.2) is 48.5 Å². The smallest absolute Gasteiger partial charge is 0.408 e. The summed E-state index contributed by atoms with van der Waals surface area (Å²) in [5.74, 6) is -0.700. The molecule has 2 aromatic rings. The third kappa shape index (κ3) is 7.63. The molecule has 2 N–H and O–H groups in total. The Morgan fingerprint density at radius 2 is 1.64 bits per heavy atom. The van der Waals surface area contributed by atoms with Crippen molar-refractivity contribution < 1.29 is 19.1 Å². The summed E-state index contributed by atoms with van der Waals surface area (Å²) in [5.41, 5.74) is 2.78. The number of hydrogen-bond donors (Lipinski definition) is 2. The van der Waals surface area contributed by atoms with E-state index in [1.165, 1.54) is 4.90 Å². The molecule has 3 amide bonds. The topological polar surface area (TPSA) is 87.7 Å². The zero-order valence-corrected chi connectivity index (χ0v) is 20.4. The molecule has 0 aliphatic heterocycles. The molecule has 0 saturated carbocycles. The summed E-state index contributed by atoms with van der Waals surface area (Å²) in [6, 6.07) is 14.3. The monoisotopic (exact) mass is 453 g/mol. The van der Waals surface area contributed by atoms with Crippen molar-refractivity contribution in [1.29, 1.82) is 0 Å². The number of nitrogens with zero attached hydrogens (tertiary/aromatic N) is 1. The standard InChI is InChI=1S/C26H35N3O4/c1-7-19-13-15-20(16-14-19)23(24(31)28-21-12-10-9-11-18(21)3)29(8-2)22(30)17-27-25(32)33-26(4,5)6/h9-16,23H,7-8,17H2,1-6H3,(H,27,32)(H,28,31). The Balaban J connectivity index is 2.29. The van der Waals surface area contributed by atoms with Crippen molar-refractivity contribution in [1.82, 2.24) is 10.2 Å². The summed E-state index contributed by atoms with van der Waals surface area (Å²) in [5, 5.41) is 5.45. The van der Waals surface area contributed by atoms with Crippen LogP contribution in [0.3, 0.4) is 0 Å². The number of benzene rings is 2. The van der Waals surface area contributed by atoms with Gasteiger partial charge in [0.05, 0.1) is 0 Å². The molecule has 2 rings (SSSR count). The fraction of sp³-hybridized carbons (Fsp3) is 0.423. The van der Waals surface area contributed by atoms with Crippen LogP contribution in [0.4, 0.5) is 10.5 Å². The molecule has 7 heteroatoms. The number of amides is 3. The van der Waals surface area contributed by atoms with Crippen molar-refractivity contribution in [2.75, 3.05) is 18.4 Å². The summed E-state index contributed by atoms with van der Waals surface area (Å²) in [6.45, 7) is 11.0. The number of alkyl carbamates (subject to hydrolysis) is 1. The van der Waals surface area contributed by atoms with Crippen LogP contribution in [0.1, 0.15) is 57.4 Å². The molecule has 33 heavy (non-hydrogen) atoms. The Labute approximate surface area is 196 Å². The van der Waals surface area contributed by atoms with Gasteiger partial charge in [-0.15, -0.1) is 0 Å². The zero-order valence-electron chi connectivity index (χ0n) is 20.4. The molecule has 0 aliphatic rings. The van der Waals surface area contributed by atoms with E-state index in [9.17, 15) is 14.4 Å². The Morgan fingerprint density at radius 1 is 1.00 bits per heavy atom. The van der Waals surface area contributed by atoms with E-state index in [1.807, 2.05) is 55.5 Å². The summed E-state index contributed by atoms with van der Waals surface area (Å²) >= 11 is 0. The lowest BCUT2D eigenvalue weighted by Crippen LogP contribution is -2.46. The van der Waals surface area contributed by atoms with Crippen LogP contribution in [0.2, 0.25) is 0 Å². The van der Waals surface area contributed by atoms with E-state index >= 15 is 0 Å². The molecule has 0 bridgehead atoms. The summed E-state index contributed by atoms with van der Waals surface area (Å²) in [7, 11) is 0. The van der Waals surface area contributed by atoms with E-state index < -0.39 is 17.7 Å². The lowest BCUT2D eigenvalue weighted by molar-refractivity contribution is -0.138. The van der Waals surface area contributed by atoms with Crippen LogP contribution >= 0.6 is 0 Å². The summed E-state index contributed by atoms with van der Waals surface area (Å²) in [4.78, 5) is 40.0. The van der Waals surface area contributed by atoms with Gasteiger partial charge in [-0.25, -0.2) is 4.79 Å². The van der Waals surface area contributed by atoms with Crippen molar-refractivity contribution in [2.24, 2.45) is 0 Å². The molecule has 0 aromatic heterocycles. The minimum absolute atomic E-state index is 0.274. The van der Waals surface area contributed by atoms with Gasteiger partial charge in [0.25, 0.3) is 5.91 Å². The fourth-order valence-corrected chi connectivity index (χ4v) is 3.39. The van der Waals surface area contributed by atoms with Gasteiger partial charge in [0, 0.05) is 12.2 Å². The van der Waals surface area contributed by atoms with Crippen LogP contribution in [0.25, 0.3) is 0 Å².